The van der Waals surface area contributed by atoms with Gasteiger partial charge in [0.05, 0.1) is 5.54 Å². The summed E-state index contributed by atoms with van der Waals surface area (Å²) in [6, 6.07) is 0. The Hall–Kier alpha value is -1.23. The number of rotatable bonds is 3. The average molecular weight is 251 g/mol. The van der Waals surface area contributed by atoms with Crippen LogP contribution in [-0.2, 0) is 9.59 Å². The molecule has 0 bridgehead atoms. The fourth-order valence-corrected chi connectivity index (χ4v) is 3.49. The lowest BCUT2D eigenvalue weighted by Gasteiger charge is -2.58. The molecule has 5 heteroatoms. The van der Waals surface area contributed by atoms with E-state index in [1.807, 2.05) is 7.05 Å². The zero-order chi connectivity index (χ0) is 13.4. The first-order valence-electron chi connectivity index (χ1n) is 6.45. The van der Waals surface area contributed by atoms with Gasteiger partial charge in [-0.25, -0.2) is 0 Å². The number of likely N-dealkylation sites (N-methyl/N-ethyl adjacent to an activating group) is 2. The van der Waals surface area contributed by atoms with Gasteiger partial charge in [0.15, 0.2) is 0 Å². The largest absolute Gasteiger partial charge is 0.308 e. The van der Waals surface area contributed by atoms with Gasteiger partial charge in [-0.05, 0) is 38.1 Å². The average Bonchev–Trinajstić information content (AvgIpc) is 2.35. The van der Waals surface area contributed by atoms with Gasteiger partial charge in [0.2, 0.25) is 6.41 Å². The predicted molar refractivity (Wildman–Crippen MR) is 68.5 cm³/mol. The van der Waals surface area contributed by atoms with Gasteiger partial charge in [0.1, 0.15) is 11.6 Å². The Labute approximate surface area is 107 Å². The highest BCUT2D eigenvalue weighted by molar-refractivity contribution is 5.96. The number of carbonyl (C=O) groups excluding carboxylic acids is 2. The molecule has 2 aliphatic carbocycles. The van der Waals surface area contributed by atoms with E-state index in [0.29, 0.717) is 30.9 Å². The third kappa shape index (κ3) is 1.96. The lowest BCUT2D eigenvalue weighted by atomic mass is 9.51. The fourth-order valence-electron chi connectivity index (χ4n) is 3.49. The third-order valence-corrected chi connectivity index (χ3v) is 4.66. The molecule has 1 spiro atoms. The number of hydrogen-bond acceptors (Lipinski definition) is 4. The van der Waals surface area contributed by atoms with Crippen molar-refractivity contribution >= 4 is 18.0 Å². The Morgan fingerprint density at radius 2 is 1.94 bits per heavy atom. The van der Waals surface area contributed by atoms with Crippen LogP contribution in [0.4, 0.5) is 0 Å². The second kappa shape index (κ2) is 4.46. The molecular formula is C13H21N3O2. The van der Waals surface area contributed by atoms with Crippen LogP contribution in [0.1, 0.15) is 38.5 Å². The van der Waals surface area contributed by atoms with E-state index >= 15 is 0 Å². The molecule has 0 saturated heterocycles. The van der Waals surface area contributed by atoms with Crippen LogP contribution >= 0.6 is 0 Å². The van der Waals surface area contributed by atoms with Crippen molar-refractivity contribution in [3.05, 3.63) is 0 Å². The molecule has 100 valence electrons. The van der Waals surface area contributed by atoms with Crippen LogP contribution in [-0.4, -0.2) is 42.6 Å². The SMILES string of the molecule is CNC1(C(=N)N(C)C=O)CC2(CCC(=O)CC2)C1. The van der Waals surface area contributed by atoms with Crippen molar-refractivity contribution < 1.29 is 9.59 Å². The van der Waals surface area contributed by atoms with Crippen molar-refractivity contribution in [1.29, 1.82) is 5.41 Å². The van der Waals surface area contributed by atoms with E-state index in [1.54, 1.807) is 7.05 Å². The number of carbonyl (C=O) groups is 2. The van der Waals surface area contributed by atoms with Gasteiger partial charge in [-0.2, -0.15) is 0 Å². The first-order valence-corrected chi connectivity index (χ1v) is 6.45. The molecule has 2 rings (SSSR count). The molecule has 0 atom stereocenters. The molecule has 0 unspecified atom stereocenters. The molecule has 0 aliphatic heterocycles. The summed E-state index contributed by atoms with van der Waals surface area (Å²) in [6.45, 7) is 0. The highest BCUT2D eigenvalue weighted by atomic mass is 16.1. The molecule has 1 amide bonds. The zero-order valence-electron chi connectivity index (χ0n) is 11.1. The van der Waals surface area contributed by atoms with Crippen LogP contribution in [0.25, 0.3) is 0 Å². The number of Topliss-reactive ketones (excluding diaryl/α,β-unsaturated/α-hetero) is 1. The van der Waals surface area contributed by atoms with E-state index in [1.165, 1.54) is 4.90 Å². The van der Waals surface area contributed by atoms with Crippen molar-refractivity contribution in [2.45, 2.75) is 44.1 Å². The molecule has 18 heavy (non-hydrogen) atoms. The van der Waals surface area contributed by atoms with Crippen LogP contribution in [0.15, 0.2) is 0 Å². The Morgan fingerprint density at radius 1 is 1.39 bits per heavy atom. The van der Waals surface area contributed by atoms with Gasteiger partial charge in [-0.15, -0.1) is 0 Å². The summed E-state index contributed by atoms with van der Waals surface area (Å²) in [7, 11) is 3.46. The van der Waals surface area contributed by atoms with Crippen molar-refractivity contribution in [1.82, 2.24) is 10.2 Å². The molecule has 0 heterocycles. The minimum absolute atomic E-state index is 0.215. The predicted octanol–water partition coefficient (Wildman–Crippen LogP) is 0.933. The summed E-state index contributed by atoms with van der Waals surface area (Å²) in [5.74, 6) is 0.699. The molecule has 2 aliphatic rings. The number of amidine groups is 1. The lowest BCUT2D eigenvalue weighted by Crippen LogP contribution is -2.67. The fraction of sp³-hybridized carbons (Fsp3) is 0.769. The minimum Gasteiger partial charge on any atom is -0.308 e. The van der Waals surface area contributed by atoms with E-state index in [-0.39, 0.29) is 11.0 Å². The van der Waals surface area contributed by atoms with E-state index in [0.717, 1.165) is 25.7 Å². The van der Waals surface area contributed by atoms with Crippen molar-refractivity contribution in [2.24, 2.45) is 5.41 Å². The number of nitrogens with zero attached hydrogens (tertiary/aromatic N) is 1. The molecule has 2 saturated carbocycles. The van der Waals surface area contributed by atoms with Gasteiger partial charge in [-0.1, -0.05) is 0 Å². The maximum absolute atomic E-state index is 11.3. The van der Waals surface area contributed by atoms with Gasteiger partial charge in [-0.3, -0.25) is 15.0 Å². The summed E-state index contributed by atoms with van der Waals surface area (Å²) in [6.07, 6.45) is 5.63. The molecular weight excluding hydrogens is 230 g/mol. The smallest absolute Gasteiger partial charge is 0.214 e. The van der Waals surface area contributed by atoms with Gasteiger partial charge >= 0.3 is 0 Å². The van der Waals surface area contributed by atoms with E-state index in [4.69, 9.17) is 5.41 Å². The van der Waals surface area contributed by atoms with Crippen molar-refractivity contribution in [3.8, 4) is 0 Å². The number of ketones is 1. The van der Waals surface area contributed by atoms with Crippen LogP contribution < -0.4 is 5.32 Å². The second-order valence-corrected chi connectivity index (χ2v) is 5.79. The Kier molecular flexibility index (Phi) is 3.27. The van der Waals surface area contributed by atoms with Crippen LogP contribution in [0, 0.1) is 10.8 Å². The molecule has 0 aromatic rings. The van der Waals surface area contributed by atoms with Gasteiger partial charge in [0.25, 0.3) is 0 Å². The quantitative estimate of drug-likeness (QED) is 0.445. The Morgan fingerprint density at radius 3 is 2.39 bits per heavy atom. The lowest BCUT2D eigenvalue weighted by molar-refractivity contribution is -0.125. The van der Waals surface area contributed by atoms with Crippen LogP contribution in [0.5, 0.6) is 0 Å². The highest BCUT2D eigenvalue weighted by Crippen LogP contribution is 2.56. The van der Waals surface area contributed by atoms with E-state index in [2.05, 4.69) is 5.32 Å². The summed E-state index contributed by atoms with van der Waals surface area (Å²) >= 11 is 0. The maximum atomic E-state index is 11.3. The molecule has 0 aromatic carbocycles. The van der Waals surface area contributed by atoms with E-state index in [9.17, 15) is 9.59 Å². The number of amides is 1. The summed E-state index contributed by atoms with van der Waals surface area (Å²) in [4.78, 5) is 23.4. The molecule has 0 radical (unpaired) electrons. The minimum atomic E-state index is -0.379. The normalized spacial score (nSPS) is 24.4. The molecule has 0 aromatic heterocycles. The van der Waals surface area contributed by atoms with Gasteiger partial charge < -0.3 is 10.2 Å². The summed E-state index contributed by atoms with van der Waals surface area (Å²) < 4.78 is 0. The maximum Gasteiger partial charge on any atom is 0.214 e. The Balaban J connectivity index is 2.05. The number of hydrogen-bond donors (Lipinski definition) is 2. The van der Waals surface area contributed by atoms with E-state index < -0.39 is 0 Å². The monoisotopic (exact) mass is 251 g/mol. The molecule has 2 fully saturated rings. The summed E-state index contributed by atoms with van der Waals surface area (Å²) in [5.41, 5.74) is -0.164. The number of nitrogens with one attached hydrogen (secondary N) is 2. The van der Waals surface area contributed by atoms with Gasteiger partial charge in [0, 0.05) is 19.9 Å². The zero-order valence-corrected chi connectivity index (χ0v) is 11.1. The van der Waals surface area contributed by atoms with Crippen LogP contribution in [0.3, 0.4) is 0 Å². The van der Waals surface area contributed by atoms with Crippen LogP contribution in [0.2, 0.25) is 0 Å². The summed E-state index contributed by atoms with van der Waals surface area (Å²) in [5, 5.41) is 11.3. The standard InChI is InChI=1S/C13H21N3O2/c1-15-13(11(14)16(2)9-17)7-12(8-13)5-3-10(18)4-6-12/h9,14-15H,3-8H2,1-2H3. The molecule has 2 N–H and O–H groups in total. The van der Waals surface area contributed by atoms with Crippen molar-refractivity contribution in [2.75, 3.05) is 14.1 Å². The van der Waals surface area contributed by atoms with Crippen molar-refractivity contribution in [3.63, 3.8) is 0 Å². The first-order chi connectivity index (χ1) is 8.47. The highest BCUT2D eigenvalue weighted by Gasteiger charge is 2.57. The topological polar surface area (TPSA) is 73.3 Å². The second-order valence-electron chi connectivity index (χ2n) is 5.79. The molecule has 5 nitrogen and oxygen atoms in total. The third-order valence-electron chi connectivity index (χ3n) is 4.66. The first kappa shape index (κ1) is 13.2. The Bertz CT molecular complexity index is 374.